The Hall–Kier alpha value is -1.35. The fourth-order valence-corrected chi connectivity index (χ4v) is 3.73. The molecule has 1 aromatic rings. The Balaban J connectivity index is 1.89. The van der Waals surface area contributed by atoms with Gasteiger partial charge in [-0.15, -0.1) is 0 Å². The number of aliphatic hydroxyl groups is 1. The Morgan fingerprint density at radius 3 is 2.60 bits per heavy atom. The molecule has 1 saturated heterocycles. The minimum Gasteiger partial charge on any atom is -0.394 e. The van der Waals surface area contributed by atoms with Crippen molar-refractivity contribution in [1.82, 2.24) is 4.90 Å². The highest BCUT2D eigenvalue weighted by Crippen LogP contribution is 2.46. The smallest absolute Gasteiger partial charge is 0.233 e. The first-order valence-electron chi connectivity index (χ1n) is 7.66. The highest BCUT2D eigenvalue weighted by molar-refractivity contribution is 5.89. The van der Waals surface area contributed by atoms with Crippen LogP contribution in [-0.4, -0.2) is 35.1 Å². The van der Waals surface area contributed by atoms with Gasteiger partial charge in [-0.2, -0.15) is 0 Å². The summed E-state index contributed by atoms with van der Waals surface area (Å²) in [7, 11) is 0. The molecule has 3 rings (SSSR count). The van der Waals surface area contributed by atoms with E-state index in [1.165, 1.54) is 0 Å². The van der Waals surface area contributed by atoms with Crippen LogP contribution in [0.2, 0.25) is 0 Å². The normalized spacial score (nSPS) is 28.2. The third-order valence-corrected chi connectivity index (χ3v) is 5.27. The summed E-state index contributed by atoms with van der Waals surface area (Å²) in [6, 6.07) is 10.2. The zero-order valence-corrected chi connectivity index (χ0v) is 12.1. The number of benzene rings is 1. The maximum absolute atomic E-state index is 13.1. The van der Waals surface area contributed by atoms with Gasteiger partial charge in [-0.3, -0.25) is 4.79 Å². The fraction of sp³-hybridized carbons (Fsp3) is 0.588. The van der Waals surface area contributed by atoms with Crippen LogP contribution in [0.4, 0.5) is 0 Å². The number of amides is 1. The summed E-state index contributed by atoms with van der Waals surface area (Å²) in [4.78, 5) is 15.0. The molecule has 2 fully saturated rings. The van der Waals surface area contributed by atoms with Crippen LogP contribution in [0.5, 0.6) is 0 Å². The van der Waals surface area contributed by atoms with Gasteiger partial charge in [0.1, 0.15) is 0 Å². The lowest BCUT2D eigenvalue weighted by Crippen LogP contribution is -2.53. The van der Waals surface area contributed by atoms with E-state index in [0.29, 0.717) is 5.92 Å². The van der Waals surface area contributed by atoms with E-state index in [4.69, 9.17) is 0 Å². The molecule has 0 bridgehead atoms. The average Bonchev–Trinajstić information content (AvgIpc) is 2.79. The molecule has 1 heterocycles. The van der Waals surface area contributed by atoms with Gasteiger partial charge in [-0.25, -0.2) is 0 Å². The number of hydrogen-bond acceptors (Lipinski definition) is 2. The molecule has 0 radical (unpaired) electrons. The van der Waals surface area contributed by atoms with Gasteiger partial charge in [-0.1, -0.05) is 43.7 Å². The van der Waals surface area contributed by atoms with E-state index in [1.54, 1.807) is 0 Å². The predicted octanol–water partition coefficient (Wildman–Crippen LogP) is 2.34. The zero-order valence-electron chi connectivity index (χ0n) is 12.1. The number of likely N-dealkylation sites (tertiary alicyclic amines) is 1. The molecule has 0 spiro atoms. The second kappa shape index (κ2) is 5.21. The zero-order chi connectivity index (χ0) is 14.2. The van der Waals surface area contributed by atoms with Crippen LogP contribution in [0.25, 0.3) is 0 Å². The van der Waals surface area contributed by atoms with Gasteiger partial charge >= 0.3 is 0 Å². The van der Waals surface area contributed by atoms with Crippen LogP contribution >= 0.6 is 0 Å². The van der Waals surface area contributed by atoms with Crippen molar-refractivity contribution in [3.8, 4) is 0 Å². The highest BCUT2D eigenvalue weighted by atomic mass is 16.3. The Morgan fingerprint density at radius 2 is 2.05 bits per heavy atom. The standard InChI is InChI=1S/C17H23NO2/c1-13-8-11-18(15(13)12-19)16(20)17(9-5-10-17)14-6-3-2-4-7-14/h2-4,6-7,13,15,19H,5,8-12H2,1H3. The van der Waals surface area contributed by atoms with Crippen molar-refractivity contribution < 1.29 is 9.90 Å². The maximum atomic E-state index is 13.1. The molecule has 3 heteroatoms. The Bertz CT molecular complexity index is 481. The maximum Gasteiger partial charge on any atom is 0.233 e. The minimum atomic E-state index is -0.321. The topological polar surface area (TPSA) is 40.5 Å². The van der Waals surface area contributed by atoms with E-state index in [2.05, 4.69) is 19.1 Å². The van der Waals surface area contributed by atoms with Gasteiger partial charge in [0.2, 0.25) is 5.91 Å². The van der Waals surface area contributed by atoms with Crippen LogP contribution < -0.4 is 0 Å². The Labute approximate surface area is 120 Å². The fourth-order valence-electron chi connectivity index (χ4n) is 3.73. The number of aliphatic hydroxyl groups excluding tert-OH is 1. The lowest BCUT2D eigenvalue weighted by atomic mass is 9.63. The van der Waals surface area contributed by atoms with Crippen molar-refractivity contribution in [3.05, 3.63) is 35.9 Å². The Kier molecular flexibility index (Phi) is 3.55. The van der Waals surface area contributed by atoms with Crippen molar-refractivity contribution in [1.29, 1.82) is 0 Å². The van der Waals surface area contributed by atoms with Crippen molar-refractivity contribution in [2.75, 3.05) is 13.2 Å². The van der Waals surface area contributed by atoms with Gasteiger partial charge in [0.05, 0.1) is 18.1 Å². The van der Waals surface area contributed by atoms with Crippen LogP contribution in [-0.2, 0) is 10.2 Å². The molecule has 108 valence electrons. The van der Waals surface area contributed by atoms with E-state index in [9.17, 15) is 9.90 Å². The van der Waals surface area contributed by atoms with Gasteiger partial charge < -0.3 is 10.0 Å². The second-order valence-corrected chi connectivity index (χ2v) is 6.32. The molecule has 0 aromatic heterocycles. The predicted molar refractivity (Wildman–Crippen MR) is 78.3 cm³/mol. The summed E-state index contributed by atoms with van der Waals surface area (Å²) in [5.74, 6) is 0.634. The number of rotatable bonds is 3. The molecule has 1 aromatic carbocycles. The summed E-state index contributed by atoms with van der Waals surface area (Å²) in [5, 5.41) is 9.59. The van der Waals surface area contributed by atoms with Crippen LogP contribution in [0.1, 0.15) is 38.2 Å². The molecule has 20 heavy (non-hydrogen) atoms. The molecule has 3 nitrogen and oxygen atoms in total. The summed E-state index contributed by atoms with van der Waals surface area (Å²) >= 11 is 0. The molecule has 2 atom stereocenters. The quantitative estimate of drug-likeness (QED) is 0.918. The van der Waals surface area contributed by atoms with E-state index in [1.807, 2.05) is 23.1 Å². The lowest BCUT2D eigenvalue weighted by molar-refractivity contribution is -0.143. The SMILES string of the molecule is CC1CCN(C(=O)C2(c3ccccc3)CCC2)C1CO. The van der Waals surface area contributed by atoms with Gasteiger partial charge in [0.25, 0.3) is 0 Å². The monoisotopic (exact) mass is 273 g/mol. The summed E-state index contributed by atoms with van der Waals surface area (Å²) in [6.07, 6.45) is 4.01. The third kappa shape index (κ3) is 1.96. The lowest BCUT2D eigenvalue weighted by Gasteiger charge is -2.44. The molecular formula is C17H23NO2. The van der Waals surface area contributed by atoms with Gasteiger partial charge in [-0.05, 0) is 30.7 Å². The van der Waals surface area contributed by atoms with Crippen molar-refractivity contribution in [2.45, 2.75) is 44.1 Å². The number of carbonyl (C=O) groups excluding carboxylic acids is 1. The first kappa shape index (κ1) is 13.6. The van der Waals surface area contributed by atoms with E-state index in [0.717, 1.165) is 37.8 Å². The third-order valence-electron chi connectivity index (χ3n) is 5.27. The van der Waals surface area contributed by atoms with E-state index in [-0.39, 0.29) is 24.0 Å². The van der Waals surface area contributed by atoms with Crippen LogP contribution in [0.15, 0.2) is 30.3 Å². The molecule has 1 N–H and O–H groups in total. The van der Waals surface area contributed by atoms with Crippen molar-refractivity contribution in [2.24, 2.45) is 5.92 Å². The van der Waals surface area contributed by atoms with Crippen LogP contribution in [0, 0.1) is 5.92 Å². The van der Waals surface area contributed by atoms with E-state index >= 15 is 0 Å². The van der Waals surface area contributed by atoms with Gasteiger partial charge in [0, 0.05) is 6.54 Å². The largest absolute Gasteiger partial charge is 0.394 e. The molecule has 1 saturated carbocycles. The number of hydrogen-bond donors (Lipinski definition) is 1. The molecule has 1 aliphatic heterocycles. The second-order valence-electron chi connectivity index (χ2n) is 6.32. The molecular weight excluding hydrogens is 250 g/mol. The first-order valence-corrected chi connectivity index (χ1v) is 7.66. The van der Waals surface area contributed by atoms with Gasteiger partial charge in [0.15, 0.2) is 0 Å². The highest BCUT2D eigenvalue weighted by Gasteiger charge is 2.50. The minimum absolute atomic E-state index is 0.00341. The Morgan fingerprint density at radius 1 is 1.35 bits per heavy atom. The first-order chi connectivity index (χ1) is 9.69. The summed E-state index contributed by atoms with van der Waals surface area (Å²) < 4.78 is 0. The number of carbonyl (C=O) groups is 1. The van der Waals surface area contributed by atoms with Crippen molar-refractivity contribution >= 4 is 5.91 Å². The molecule has 2 aliphatic rings. The molecule has 2 unspecified atom stereocenters. The average molecular weight is 273 g/mol. The molecule has 1 amide bonds. The number of nitrogens with zero attached hydrogens (tertiary/aromatic N) is 1. The summed E-state index contributed by atoms with van der Waals surface area (Å²) in [6.45, 7) is 3.00. The molecule has 1 aliphatic carbocycles. The summed E-state index contributed by atoms with van der Waals surface area (Å²) in [5.41, 5.74) is 0.825. The van der Waals surface area contributed by atoms with E-state index < -0.39 is 0 Å². The van der Waals surface area contributed by atoms with Crippen LogP contribution in [0.3, 0.4) is 0 Å². The van der Waals surface area contributed by atoms with Crippen molar-refractivity contribution in [3.63, 3.8) is 0 Å².